The second-order valence-electron chi connectivity index (χ2n) is 12.1. The van der Waals surface area contributed by atoms with Crippen molar-refractivity contribution >= 4 is 38.3 Å². The highest BCUT2D eigenvalue weighted by Gasteiger charge is 2.43. The van der Waals surface area contributed by atoms with Crippen molar-refractivity contribution in [2.45, 2.75) is 44.3 Å². The number of fused-ring (bicyclic) bond motifs is 1. The minimum atomic E-state index is -3.92. The molecule has 3 aromatic rings. The predicted octanol–water partition coefficient (Wildman–Crippen LogP) is 3.69. The second kappa shape index (κ2) is 12.2. The van der Waals surface area contributed by atoms with Crippen LogP contribution in [0.25, 0.3) is 10.8 Å². The van der Waals surface area contributed by atoms with Gasteiger partial charge in [0.25, 0.3) is 0 Å². The van der Waals surface area contributed by atoms with E-state index in [9.17, 15) is 18.0 Å². The predicted molar refractivity (Wildman–Crippen MR) is 165 cm³/mol. The van der Waals surface area contributed by atoms with Crippen molar-refractivity contribution in [2.75, 3.05) is 51.5 Å². The Morgan fingerprint density at radius 3 is 2.37 bits per heavy atom. The van der Waals surface area contributed by atoms with Gasteiger partial charge in [-0.3, -0.25) is 14.5 Å². The minimum absolute atomic E-state index is 0.0342. The molecule has 0 radical (unpaired) electrons. The number of carbonyl (C=O) groups excluding carboxylic acids is 2. The van der Waals surface area contributed by atoms with Crippen LogP contribution in [0.2, 0.25) is 0 Å². The number of imide groups is 1. The number of methoxy groups -OCH3 is 1. The Kier molecular flexibility index (Phi) is 8.80. The van der Waals surface area contributed by atoms with Gasteiger partial charge in [0.15, 0.2) is 0 Å². The summed E-state index contributed by atoms with van der Waals surface area (Å²) in [6.45, 7) is 10.4. The highest BCUT2D eigenvalue weighted by atomic mass is 32.2. The molecule has 0 aromatic heterocycles. The lowest BCUT2D eigenvalue weighted by molar-refractivity contribution is -0.121. The van der Waals surface area contributed by atoms with Crippen LogP contribution in [0.15, 0.2) is 48.5 Å². The van der Waals surface area contributed by atoms with E-state index >= 15 is 0 Å². The molecule has 10 nitrogen and oxygen atoms in total. The summed E-state index contributed by atoms with van der Waals surface area (Å²) in [6.07, 6.45) is -0.0342. The molecule has 230 valence electrons. The maximum atomic E-state index is 14.1. The number of nitrogens with zero attached hydrogens (tertiary/aromatic N) is 2. The maximum absolute atomic E-state index is 14.1. The number of hydrogen-bond acceptors (Lipinski definition) is 8. The third-order valence-electron chi connectivity index (χ3n) is 8.02. The number of ether oxygens (including phenoxy) is 3. The third-order valence-corrected chi connectivity index (χ3v) is 8.74. The molecule has 11 heteroatoms. The molecule has 0 bridgehead atoms. The summed E-state index contributed by atoms with van der Waals surface area (Å²) in [5.41, 5.74) is 1.58. The molecule has 2 aliphatic heterocycles. The van der Waals surface area contributed by atoms with Gasteiger partial charge >= 0.3 is 0 Å². The quantitative estimate of drug-likeness (QED) is 0.364. The molecule has 0 aliphatic carbocycles. The highest BCUT2D eigenvalue weighted by molar-refractivity contribution is 7.88. The fourth-order valence-electron chi connectivity index (χ4n) is 5.79. The highest BCUT2D eigenvalue weighted by Crippen LogP contribution is 2.44. The van der Waals surface area contributed by atoms with E-state index in [2.05, 4.69) is 4.90 Å². The van der Waals surface area contributed by atoms with Crippen LogP contribution in [0.1, 0.15) is 49.8 Å². The fraction of sp³-hybridized carbons (Fsp3) is 0.438. The van der Waals surface area contributed by atoms with Gasteiger partial charge in [0.1, 0.15) is 18.1 Å². The number of benzene rings is 3. The number of anilines is 1. The Bertz CT molecular complexity index is 1640. The molecule has 2 N–H and O–H groups in total. The van der Waals surface area contributed by atoms with Crippen LogP contribution in [-0.2, 0) is 35.5 Å². The summed E-state index contributed by atoms with van der Waals surface area (Å²) >= 11 is 0. The standard InChI is InChI=1S/C32H39N3O7S/c1-32(2,3)22-17-21(20-43(33,38)39)30(40-4)27(18-22)35-29(36)19-26(31(35)37)24-9-10-28(25-8-6-5-7-23(24)25)42-16-13-34-11-14-41-15-12-34/h5-10,17-18,26H,11-16,19-20H2,1-4H3,(H2,33,38,39). The van der Waals surface area contributed by atoms with Crippen molar-refractivity contribution in [1.82, 2.24) is 4.90 Å². The molecule has 2 aliphatic rings. The average molecular weight is 610 g/mol. The van der Waals surface area contributed by atoms with Crippen LogP contribution in [0.5, 0.6) is 11.5 Å². The Morgan fingerprint density at radius 2 is 1.72 bits per heavy atom. The molecule has 2 saturated heterocycles. The molecule has 3 aromatic carbocycles. The summed E-state index contributed by atoms with van der Waals surface area (Å²) in [7, 11) is -2.54. The van der Waals surface area contributed by atoms with Crippen LogP contribution in [0.4, 0.5) is 5.69 Å². The zero-order valence-electron chi connectivity index (χ0n) is 25.1. The fourth-order valence-corrected chi connectivity index (χ4v) is 6.44. The first kappa shape index (κ1) is 30.9. The van der Waals surface area contributed by atoms with Gasteiger partial charge < -0.3 is 14.2 Å². The van der Waals surface area contributed by atoms with Gasteiger partial charge in [0.05, 0.1) is 37.7 Å². The summed E-state index contributed by atoms with van der Waals surface area (Å²) in [4.78, 5) is 31.1. The molecule has 2 heterocycles. The van der Waals surface area contributed by atoms with Gasteiger partial charge in [-0.15, -0.1) is 0 Å². The number of hydrogen-bond donors (Lipinski definition) is 1. The van der Waals surface area contributed by atoms with Crippen LogP contribution < -0.4 is 19.5 Å². The van der Waals surface area contributed by atoms with Gasteiger partial charge in [-0.1, -0.05) is 57.2 Å². The van der Waals surface area contributed by atoms with Crippen molar-refractivity contribution in [2.24, 2.45) is 5.14 Å². The number of amides is 2. The molecule has 5 rings (SSSR count). The number of carbonyl (C=O) groups is 2. The van der Waals surface area contributed by atoms with Crippen molar-refractivity contribution in [3.63, 3.8) is 0 Å². The average Bonchev–Trinajstić information content (AvgIpc) is 3.24. The molecule has 43 heavy (non-hydrogen) atoms. The zero-order chi connectivity index (χ0) is 30.9. The van der Waals surface area contributed by atoms with Gasteiger partial charge in [-0.25, -0.2) is 18.5 Å². The first-order valence-corrected chi connectivity index (χ1v) is 16.1. The zero-order valence-corrected chi connectivity index (χ0v) is 25.9. The Hall–Kier alpha value is -3.51. The summed E-state index contributed by atoms with van der Waals surface area (Å²) in [6, 6.07) is 14.9. The smallest absolute Gasteiger partial charge is 0.241 e. The lowest BCUT2D eigenvalue weighted by Gasteiger charge is -2.26. The number of primary sulfonamides is 1. The van der Waals surface area contributed by atoms with E-state index in [1.807, 2.05) is 57.2 Å². The van der Waals surface area contributed by atoms with Crippen LogP contribution >= 0.6 is 0 Å². The van der Waals surface area contributed by atoms with E-state index in [1.54, 1.807) is 12.1 Å². The molecule has 2 fully saturated rings. The maximum Gasteiger partial charge on any atom is 0.241 e. The lowest BCUT2D eigenvalue weighted by atomic mass is 9.85. The molecular formula is C32H39N3O7S. The van der Waals surface area contributed by atoms with Gasteiger partial charge in [-0.2, -0.15) is 0 Å². The minimum Gasteiger partial charge on any atom is -0.494 e. The van der Waals surface area contributed by atoms with Gasteiger partial charge in [0, 0.05) is 37.0 Å². The number of morpholine rings is 1. The van der Waals surface area contributed by atoms with Crippen molar-refractivity contribution in [3.8, 4) is 11.5 Å². The molecule has 0 spiro atoms. The molecule has 1 atom stereocenters. The van der Waals surface area contributed by atoms with Gasteiger partial charge in [0.2, 0.25) is 21.8 Å². The van der Waals surface area contributed by atoms with E-state index in [1.165, 1.54) is 7.11 Å². The number of rotatable bonds is 9. The normalized spacial score (nSPS) is 18.4. The van der Waals surface area contributed by atoms with E-state index in [0.717, 1.165) is 59.6 Å². The Morgan fingerprint density at radius 1 is 1.02 bits per heavy atom. The summed E-state index contributed by atoms with van der Waals surface area (Å²) in [5.74, 6) is -1.17. The van der Waals surface area contributed by atoms with E-state index in [0.29, 0.717) is 17.9 Å². The van der Waals surface area contributed by atoms with Gasteiger partial charge in [-0.05, 0) is 34.1 Å². The van der Waals surface area contributed by atoms with Crippen LogP contribution in [0, 0.1) is 0 Å². The molecule has 2 amide bonds. The molecule has 1 unspecified atom stereocenters. The number of sulfonamides is 1. The number of nitrogens with two attached hydrogens (primary N) is 1. The first-order chi connectivity index (χ1) is 20.4. The van der Waals surface area contributed by atoms with E-state index in [4.69, 9.17) is 19.3 Å². The Labute approximate surface area is 252 Å². The van der Waals surface area contributed by atoms with E-state index in [-0.39, 0.29) is 17.9 Å². The first-order valence-electron chi connectivity index (χ1n) is 14.4. The van der Waals surface area contributed by atoms with E-state index < -0.39 is 38.9 Å². The lowest BCUT2D eigenvalue weighted by Crippen LogP contribution is -2.38. The topological polar surface area (TPSA) is 128 Å². The molecular weight excluding hydrogens is 570 g/mol. The van der Waals surface area contributed by atoms with Crippen molar-refractivity contribution in [1.29, 1.82) is 0 Å². The largest absolute Gasteiger partial charge is 0.494 e. The third kappa shape index (κ3) is 6.70. The van der Waals surface area contributed by atoms with Crippen molar-refractivity contribution < 1.29 is 32.2 Å². The van der Waals surface area contributed by atoms with Crippen LogP contribution in [0.3, 0.4) is 0 Å². The van der Waals surface area contributed by atoms with Crippen LogP contribution in [-0.4, -0.2) is 71.7 Å². The second-order valence-corrected chi connectivity index (χ2v) is 13.7. The summed E-state index contributed by atoms with van der Waals surface area (Å²) in [5, 5.41) is 7.09. The Balaban J connectivity index is 1.49. The molecule has 0 saturated carbocycles. The SMILES string of the molecule is COc1c(CS(N)(=O)=O)cc(C(C)(C)C)cc1N1C(=O)CC(c2ccc(OCCN3CCOCC3)c3ccccc23)C1=O. The van der Waals surface area contributed by atoms with Crippen molar-refractivity contribution in [3.05, 3.63) is 65.2 Å². The monoisotopic (exact) mass is 609 g/mol. The summed E-state index contributed by atoms with van der Waals surface area (Å²) < 4.78 is 41.4.